The summed E-state index contributed by atoms with van der Waals surface area (Å²) in [5.74, 6) is 0. The number of aliphatic hydroxyl groups is 6. The minimum atomic E-state index is -1.74. The van der Waals surface area contributed by atoms with E-state index in [9.17, 15) is 20.4 Å². The van der Waals surface area contributed by atoms with Crippen molar-refractivity contribution < 1.29 is 35.4 Å². The first-order valence-corrected chi connectivity index (χ1v) is 4.61. The highest BCUT2D eigenvalue weighted by molar-refractivity contribution is 4.91. The molecule has 6 N–H and O–H groups in total. The second kappa shape index (κ2) is 5.17. The molecule has 1 fully saturated rings. The molecule has 0 aromatic carbocycles. The molecule has 1 saturated heterocycles. The van der Waals surface area contributed by atoms with Crippen LogP contribution < -0.4 is 0 Å². The highest BCUT2D eigenvalue weighted by Crippen LogP contribution is 2.19. The molecule has 0 saturated carbocycles. The Balaban J connectivity index is 2.46. The van der Waals surface area contributed by atoms with E-state index in [1.54, 1.807) is 0 Å². The third-order valence-electron chi connectivity index (χ3n) is 2.37. The van der Waals surface area contributed by atoms with Crippen molar-refractivity contribution in [3.05, 3.63) is 0 Å². The molecule has 90 valence electrons. The lowest BCUT2D eigenvalue weighted by Gasteiger charge is -2.27. The SMILES string of the molecule is OC[C@@H](O)[C@@H](O)[C@H](O)[C@H](O)C(O)C1CO1. The first-order valence-electron chi connectivity index (χ1n) is 4.61. The predicted molar refractivity (Wildman–Crippen MR) is 46.9 cm³/mol. The molecule has 6 atom stereocenters. The third kappa shape index (κ3) is 3.08. The topological polar surface area (TPSA) is 134 Å². The summed E-state index contributed by atoms with van der Waals surface area (Å²) >= 11 is 0. The summed E-state index contributed by atoms with van der Waals surface area (Å²) in [6.45, 7) is -0.468. The number of hydrogen-bond acceptors (Lipinski definition) is 7. The van der Waals surface area contributed by atoms with Gasteiger partial charge >= 0.3 is 0 Å². The highest BCUT2D eigenvalue weighted by Gasteiger charge is 2.42. The summed E-state index contributed by atoms with van der Waals surface area (Å²) in [6, 6.07) is 0. The zero-order chi connectivity index (χ0) is 11.6. The number of hydrogen-bond donors (Lipinski definition) is 6. The summed E-state index contributed by atoms with van der Waals surface area (Å²) < 4.78 is 4.69. The van der Waals surface area contributed by atoms with E-state index >= 15 is 0 Å². The first-order chi connectivity index (χ1) is 6.99. The van der Waals surface area contributed by atoms with Gasteiger partial charge in [-0.3, -0.25) is 0 Å². The van der Waals surface area contributed by atoms with E-state index in [1.807, 2.05) is 0 Å². The van der Waals surface area contributed by atoms with E-state index in [4.69, 9.17) is 14.9 Å². The number of rotatable bonds is 6. The van der Waals surface area contributed by atoms with Gasteiger partial charge in [-0.25, -0.2) is 0 Å². The molecule has 15 heavy (non-hydrogen) atoms. The van der Waals surface area contributed by atoms with Crippen LogP contribution in [0.2, 0.25) is 0 Å². The molecular weight excluding hydrogens is 208 g/mol. The van der Waals surface area contributed by atoms with Crippen molar-refractivity contribution in [2.75, 3.05) is 13.2 Å². The van der Waals surface area contributed by atoms with Gasteiger partial charge in [0.05, 0.1) is 13.2 Å². The van der Waals surface area contributed by atoms with Gasteiger partial charge in [0.15, 0.2) is 0 Å². The largest absolute Gasteiger partial charge is 0.394 e. The van der Waals surface area contributed by atoms with Crippen LogP contribution >= 0.6 is 0 Å². The highest BCUT2D eigenvalue weighted by atomic mass is 16.6. The molecule has 7 heteroatoms. The van der Waals surface area contributed by atoms with E-state index in [0.29, 0.717) is 0 Å². The summed E-state index contributed by atoms with van der Waals surface area (Å²) in [6.07, 6.45) is -8.53. The zero-order valence-electron chi connectivity index (χ0n) is 7.97. The van der Waals surface area contributed by atoms with Crippen LogP contribution in [-0.4, -0.2) is 80.5 Å². The molecule has 0 aliphatic carbocycles. The van der Waals surface area contributed by atoms with Gasteiger partial charge in [-0.15, -0.1) is 0 Å². The molecule has 0 aromatic heterocycles. The number of epoxide rings is 1. The fourth-order valence-electron chi connectivity index (χ4n) is 1.21. The second-order valence-electron chi connectivity index (χ2n) is 3.58. The van der Waals surface area contributed by atoms with Crippen LogP contribution in [0.25, 0.3) is 0 Å². The van der Waals surface area contributed by atoms with Crippen molar-refractivity contribution >= 4 is 0 Å². The van der Waals surface area contributed by atoms with Crippen molar-refractivity contribution in [3.63, 3.8) is 0 Å². The van der Waals surface area contributed by atoms with Crippen molar-refractivity contribution in [2.24, 2.45) is 0 Å². The molecule has 0 amide bonds. The lowest BCUT2D eigenvalue weighted by Crippen LogP contribution is -2.51. The Bertz CT molecular complexity index is 195. The monoisotopic (exact) mass is 224 g/mol. The van der Waals surface area contributed by atoms with Gasteiger partial charge in [0, 0.05) is 0 Å². The summed E-state index contributed by atoms with van der Waals surface area (Å²) in [5, 5.41) is 54.8. The van der Waals surface area contributed by atoms with Crippen LogP contribution in [-0.2, 0) is 4.74 Å². The van der Waals surface area contributed by atoms with Gasteiger partial charge in [-0.05, 0) is 0 Å². The quantitative estimate of drug-likeness (QED) is 0.255. The van der Waals surface area contributed by atoms with E-state index in [-0.39, 0.29) is 6.61 Å². The van der Waals surface area contributed by atoms with Gasteiger partial charge in [-0.1, -0.05) is 0 Å². The Morgan fingerprint density at radius 2 is 1.53 bits per heavy atom. The molecule has 0 bridgehead atoms. The lowest BCUT2D eigenvalue weighted by molar-refractivity contribution is -0.142. The normalized spacial score (nSPS) is 30.4. The Morgan fingerprint density at radius 3 is 1.93 bits per heavy atom. The minimum absolute atomic E-state index is 0.281. The van der Waals surface area contributed by atoms with Crippen LogP contribution in [0.4, 0.5) is 0 Å². The third-order valence-corrected chi connectivity index (χ3v) is 2.37. The van der Waals surface area contributed by atoms with Crippen LogP contribution in [0.15, 0.2) is 0 Å². The van der Waals surface area contributed by atoms with E-state index in [2.05, 4.69) is 0 Å². The van der Waals surface area contributed by atoms with Crippen molar-refractivity contribution in [1.29, 1.82) is 0 Å². The molecule has 7 nitrogen and oxygen atoms in total. The van der Waals surface area contributed by atoms with E-state index in [1.165, 1.54) is 0 Å². The fourth-order valence-corrected chi connectivity index (χ4v) is 1.21. The van der Waals surface area contributed by atoms with E-state index < -0.39 is 43.2 Å². The molecule has 1 aliphatic heterocycles. The summed E-state index contributed by atoms with van der Waals surface area (Å²) in [7, 11) is 0. The van der Waals surface area contributed by atoms with Crippen LogP contribution in [0.3, 0.4) is 0 Å². The molecular formula is C8H16O7. The van der Waals surface area contributed by atoms with Gasteiger partial charge in [-0.2, -0.15) is 0 Å². The Morgan fingerprint density at radius 1 is 1.00 bits per heavy atom. The van der Waals surface area contributed by atoms with Gasteiger partial charge in [0.2, 0.25) is 0 Å². The van der Waals surface area contributed by atoms with Crippen molar-refractivity contribution in [2.45, 2.75) is 36.6 Å². The van der Waals surface area contributed by atoms with Crippen molar-refractivity contribution in [3.8, 4) is 0 Å². The smallest absolute Gasteiger partial charge is 0.111 e. The first kappa shape index (κ1) is 12.8. The maximum Gasteiger partial charge on any atom is 0.111 e. The second-order valence-corrected chi connectivity index (χ2v) is 3.58. The average Bonchev–Trinajstić information content (AvgIpc) is 3.07. The molecule has 0 radical (unpaired) electrons. The molecule has 1 aliphatic rings. The minimum Gasteiger partial charge on any atom is -0.394 e. The van der Waals surface area contributed by atoms with E-state index in [0.717, 1.165) is 0 Å². The summed E-state index contributed by atoms with van der Waals surface area (Å²) in [5.41, 5.74) is 0. The lowest BCUT2D eigenvalue weighted by atomic mass is 9.98. The van der Waals surface area contributed by atoms with Gasteiger partial charge in [0.1, 0.15) is 36.6 Å². The number of aliphatic hydroxyl groups excluding tert-OH is 6. The molecule has 2 unspecified atom stereocenters. The average molecular weight is 224 g/mol. The Kier molecular flexibility index (Phi) is 4.41. The fraction of sp³-hybridized carbons (Fsp3) is 1.00. The standard InChI is InChI=1S/C8H16O7/c9-1-3(10)5(11)7(13)8(14)6(12)4-2-15-4/h3-14H,1-2H2/t3-,4?,5-,6?,7+,8-/m1/s1. The maximum atomic E-state index is 9.38. The van der Waals surface area contributed by atoms with Crippen LogP contribution in [0, 0.1) is 0 Å². The Labute approximate surface area is 86.2 Å². The molecule has 0 spiro atoms. The Hall–Kier alpha value is -0.280. The van der Waals surface area contributed by atoms with Crippen LogP contribution in [0.1, 0.15) is 0 Å². The van der Waals surface area contributed by atoms with Crippen molar-refractivity contribution in [1.82, 2.24) is 0 Å². The zero-order valence-corrected chi connectivity index (χ0v) is 7.97. The molecule has 1 heterocycles. The maximum absolute atomic E-state index is 9.38. The summed E-state index contributed by atoms with van der Waals surface area (Å²) in [4.78, 5) is 0. The van der Waals surface area contributed by atoms with Crippen LogP contribution in [0.5, 0.6) is 0 Å². The van der Waals surface area contributed by atoms with Gasteiger partial charge in [0.25, 0.3) is 0 Å². The molecule has 1 rings (SSSR count). The number of ether oxygens (including phenoxy) is 1. The molecule has 0 aromatic rings. The van der Waals surface area contributed by atoms with Gasteiger partial charge < -0.3 is 35.4 Å². The predicted octanol–water partition coefficient (Wildman–Crippen LogP) is -3.82.